The molecule has 1 aromatic carbocycles. The molecule has 9 nitrogen and oxygen atoms in total. The van der Waals surface area contributed by atoms with E-state index in [2.05, 4.69) is 12.2 Å². The average molecular weight is 502 g/mol. The third kappa shape index (κ3) is 6.18. The van der Waals surface area contributed by atoms with E-state index < -0.39 is 0 Å². The van der Waals surface area contributed by atoms with Gasteiger partial charge in [-0.05, 0) is 44.7 Å². The maximum atomic E-state index is 13.6. The van der Waals surface area contributed by atoms with E-state index in [1.165, 1.54) is 0 Å². The van der Waals surface area contributed by atoms with Crippen LogP contribution in [0.15, 0.2) is 18.2 Å². The number of methoxy groups -OCH3 is 1. The number of anilines is 1. The molecule has 0 spiro atoms. The molecule has 0 bridgehead atoms. The third-order valence-corrected chi connectivity index (χ3v) is 7.52. The minimum Gasteiger partial charge on any atom is -0.491 e. The molecule has 3 atom stereocenters. The molecule has 0 aromatic heterocycles. The summed E-state index contributed by atoms with van der Waals surface area (Å²) < 4.78 is 17.4. The molecule has 2 fully saturated rings. The number of rotatable bonds is 4. The maximum Gasteiger partial charge on any atom is 0.257 e. The van der Waals surface area contributed by atoms with Gasteiger partial charge in [-0.2, -0.15) is 0 Å². The monoisotopic (exact) mass is 501 g/mol. The molecule has 3 aliphatic rings. The van der Waals surface area contributed by atoms with Crippen LogP contribution in [0.2, 0.25) is 0 Å². The lowest BCUT2D eigenvalue weighted by atomic mass is 9.95. The largest absolute Gasteiger partial charge is 0.491 e. The standard InChI is InChI=1S/C27H39N3O6/c1-17-14-30(26(32)20-9-11-35-12-10-20)18(2)16-36-23-13-21(28-25(31)19-5-6-19)7-8-22(23)27(33)29(3)15-24(17)34-4/h7-8,13,17-20,24H,5-6,9-12,14-16H2,1-4H3,(H,28,31)/t17-,18+,24+/m0/s1. The molecule has 1 N–H and O–H groups in total. The first-order chi connectivity index (χ1) is 17.3. The van der Waals surface area contributed by atoms with E-state index in [-0.39, 0.29) is 54.2 Å². The van der Waals surface area contributed by atoms with Crippen molar-refractivity contribution in [2.75, 3.05) is 52.4 Å². The van der Waals surface area contributed by atoms with E-state index in [0.29, 0.717) is 43.3 Å². The van der Waals surface area contributed by atoms with Crippen LogP contribution in [0.25, 0.3) is 0 Å². The van der Waals surface area contributed by atoms with Crippen molar-refractivity contribution in [3.05, 3.63) is 23.8 Å². The Morgan fingerprint density at radius 2 is 1.78 bits per heavy atom. The first-order valence-corrected chi connectivity index (χ1v) is 13.0. The summed E-state index contributed by atoms with van der Waals surface area (Å²) in [6, 6.07) is 4.93. The van der Waals surface area contributed by atoms with Gasteiger partial charge in [-0.25, -0.2) is 0 Å². The minimum absolute atomic E-state index is 0.00919. The first kappa shape index (κ1) is 26.4. The second-order valence-electron chi connectivity index (χ2n) is 10.4. The van der Waals surface area contributed by atoms with Crippen molar-refractivity contribution in [3.63, 3.8) is 0 Å². The van der Waals surface area contributed by atoms with E-state index >= 15 is 0 Å². The lowest BCUT2D eigenvalue weighted by Crippen LogP contribution is -2.50. The van der Waals surface area contributed by atoms with E-state index in [4.69, 9.17) is 14.2 Å². The fourth-order valence-corrected chi connectivity index (χ4v) is 4.93. The number of amides is 3. The number of benzene rings is 1. The number of carbonyl (C=O) groups excluding carboxylic acids is 3. The Morgan fingerprint density at radius 3 is 2.44 bits per heavy atom. The van der Waals surface area contributed by atoms with Crippen molar-refractivity contribution in [2.45, 2.75) is 51.7 Å². The molecule has 2 heterocycles. The fourth-order valence-electron chi connectivity index (χ4n) is 4.93. The van der Waals surface area contributed by atoms with Gasteiger partial charge in [0, 0.05) is 70.0 Å². The van der Waals surface area contributed by atoms with E-state index in [1.807, 2.05) is 11.8 Å². The van der Waals surface area contributed by atoms with Crippen molar-refractivity contribution in [1.29, 1.82) is 0 Å². The summed E-state index contributed by atoms with van der Waals surface area (Å²) >= 11 is 0. The van der Waals surface area contributed by atoms with Gasteiger partial charge in [0.05, 0.1) is 17.7 Å². The number of nitrogens with one attached hydrogen (secondary N) is 1. The summed E-state index contributed by atoms with van der Waals surface area (Å²) in [6.07, 6.45) is 3.01. The van der Waals surface area contributed by atoms with Crippen molar-refractivity contribution < 1.29 is 28.6 Å². The van der Waals surface area contributed by atoms with Gasteiger partial charge in [0.25, 0.3) is 5.91 Å². The summed E-state index contributed by atoms with van der Waals surface area (Å²) in [4.78, 5) is 42.8. The van der Waals surface area contributed by atoms with Crippen LogP contribution in [0.4, 0.5) is 5.69 Å². The molecule has 2 aliphatic heterocycles. The lowest BCUT2D eigenvalue weighted by Gasteiger charge is -2.38. The fraction of sp³-hybridized carbons (Fsp3) is 0.667. The molecule has 1 aliphatic carbocycles. The minimum atomic E-state index is -0.239. The molecule has 1 saturated heterocycles. The van der Waals surface area contributed by atoms with Gasteiger partial charge < -0.3 is 29.3 Å². The van der Waals surface area contributed by atoms with Crippen LogP contribution < -0.4 is 10.1 Å². The van der Waals surface area contributed by atoms with Gasteiger partial charge >= 0.3 is 0 Å². The molecular formula is C27H39N3O6. The Kier molecular flexibility index (Phi) is 8.51. The highest BCUT2D eigenvalue weighted by molar-refractivity contribution is 5.99. The number of nitrogens with zero attached hydrogens (tertiary/aromatic N) is 2. The zero-order valence-electron chi connectivity index (χ0n) is 21.8. The molecule has 1 saturated carbocycles. The molecule has 0 radical (unpaired) electrons. The zero-order chi connectivity index (χ0) is 25.8. The Balaban J connectivity index is 1.62. The van der Waals surface area contributed by atoms with E-state index in [9.17, 15) is 14.4 Å². The lowest BCUT2D eigenvalue weighted by molar-refractivity contribution is -0.143. The Morgan fingerprint density at radius 1 is 1.06 bits per heavy atom. The number of likely N-dealkylation sites (N-methyl/N-ethyl adjacent to an activating group) is 1. The van der Waals surface area contributed by atoms with Crippen LogP contribution in [0.3, 0.4) is 0 Å². The van der Waals surface area contributed by atoms with Crippen LogP contribution >= 0.6 is 0 Å². The molecule has 36 heavy (non-hydrogen) atoms. The summed E-state index contributed by atoms with van der Waals surface area (Å²) in [7, 11) is 3.39. The second-order valence-corrected chi connectivity index (χ2v) is 10.4. The zero-order valence-corrected chi connectivity index (χ0v) is 21.8. The molecule has 9 heteroatoms. The van der Waals surface area contributed by atoms with Crippen LogP contribution in [-0.4, -0.2) is 86.7 Å². The van der Waals surface area contributed by atoms with Crippen molar-refractivity contribution >= 4 is 23.4 Å². The van der Waals surface area contributed by atoms with E-state index in [1.54, 1.807) is 37.3 Å². The van der Waals surface area contributed by atoms with Gasteiger partial charge in [0.2, 0.25) is 11.8 Å². The predicted molar refractivity (Wildman–Crippen MR) is 135 cm³/mol. The summed E-state index contributed by atoms with van der Waals surface area (Å²) in [5.41, 5.74) is 1.01. The van der Waals surface area contributed by atoms with Gasteiger partial charge in [-0.3, -0.25) is 14.4 Å². The summed E-state index contributed by atoms with van der Waals surface area (Å²) in [6.45, 7) is 6.34. The van der Waals surface area contributed by atoms with Gasteiger partial charge in [-0.15, -0.1) is 0 Å². The highest BCUT2D eigenvalue weighted by Gasteiger charge is 2.34. The smallest absolute Gasteiger partial charge is 0.257 e. The van der Waals surface area contributed by atoms with Gasteiger partial charge in [0.1, 0.15) is 12.4 Å². The molecule has 0 unspecified atom stereocenters. The number of hydrogen-bond acceptors (Lipinski definition) is 6. The molecule has 198 valence electrons. The predicted octanol–water partition coefficient (Wildman–Crippen LogP) is 2.79. The van der Waals surface area contributed by atoms with Crippen molar-refractivity contribution in [2.24, 2.45) is 17.8 Å². The molecule has 1 aromatic rings. The van der Waals surface area contributed by atoms with Crippen LogP contribution in [0.1, 0.15) is 49.9 Å². The first-order valence-electron chi connectivity index (χ1n) is 13.0. The quantitative estimate of drug-likeness (QED) is 0.682. The normalized spacial score (nSPS) is 26.3. The van der Waals surface area contributed by atoms with Crippen molar-refractivity contribution in [1.82, 2.24) is 9.80 Å². The molecule has 3 amide bonds. The second kappa shape index (κ2) is 11.6. The van der Waals surface area contributed by atoms with Crippen LogP contribution in [0.5, 0.6) is 5.75 Å². The Hall–Kier alpha value is -2.65. The summed E-state index contributed by atoms with van der Waals surface area (Å²) in [5.74, 6) is 0.334. The number of fused-ring (bicyclic) bond motifs is 1. The highest BCUT2D eigenvalue weighted by Crippen LogP contribution is 2.32. The highest BCUT2D eigenvalue weighted by atomic mass is 16.5. The molecule has 4 rings (SSSR count). The van der Waals surface area contributed by atoms with Crippen LogP contribution in [0, 0.1) is 17.8 Å². The number of ether oxygens (including phenoxy) is 3. The SMILES string of the molecule is CO[C@@H]1CN(C)C(=O)c2ccc(NC(=O)C3CC3)cc2OC[C@@H](C)N(C(=O)C2CCOCC2)C[C@@H]1C. The van der Waals surface area contributed by atoms with Crippen molar-refractivity contribution in [3.8, 4) is 5.75 Å². The van der Waals surface area contributed by atoms with Crippen LogP contribution in [-0.2, 0) is 19.1 Å². The van der Waals surface area contributed by atoms with E-state index in [0.717, 1.165) is 25.7 Å². The van der Waals surface area contributed by atoms with Gasteiger partial charge in [0.15, 0.2) is 0 Å². The Labute approximate surface area is 213 Å². The maximum absolute atomic E-state index is 13.6. The third-order valence-electron chi connectivity index (χ3n) is 7.52. The average Bonchev–Trinajstić information content (AvgIpc) is 3.74. The molecular weight excluding hydrogens is 462 g/mol. The number of hydrogen-bond donors (Lipinski definition) is 1. The summed E-state index contributed by atoms with van der Waals surface area (Å²) in [5, 5.41) is 2.93. The topological polar surface area (TPSA) is 97.4 Å². The number of carbonyl (C=O) groups is 3. The van der Waals surface area contributed by atoms with Gasteiger partial charge in [-0.1, -0.05) is 6.92 Å². The Bertz CT molecular complexity index is 959.